The fourth-order valence-corrected chi connectivity index (χ4v) is 2.72. The molecule has 0 aliphatic carbocycles. The van der Waals surface area contributed by atoms with E-state index in [1.54, 1.807) is 6.08 Å². The van der Waals surface area contributed by atoms with Gasteiger partial charge in [0.2, 0.25) is 0 Å². The molecule has 0 saturated carbocycles. The molecule has 0 rings (SSSR count). The minimum Gasteiger partial charge on any atom is -0.461 e. The van der Waals surface area contributed by atoms with Gasteiger partial charge in [0.25, 0.3) is 0 Å². The molecule has 0 saturated heterocycles. The van der Waals surface area contributed by atoms with Crippen molar-refractivity contribution < 1.29 is 34.4 Å². The van der Waals surface area contributed by atoms with Crippen LogP contribution in [-0.2, 0) is 19.1 Å². The molecule has 0 atom stereocenters. The Morgan fingerprint density at radius 1 is 0.645 bits per heavy atom. The third kappa shape index (κ3) is 17.2. The first kappa shape index (κ1) is 28.8. The molecule has 7 nitrogen and oxygen atoms in total. The van der Waals surface area contributed by atoms with Crippen LogP contribution in [0.15, 0.2) is 46.6 Å². The van der Waals surface area contributed by atoms with Crippen molar-refractivity contribution in [3.8, 4) is 0 Å². The van der Waals surface area contributed by atoms with Crippen LogP contribution in [0, 0.1) is 0 Å². The summed E-state index contributed by atoms with van der Waals surface area (Å²) in [4.78, 5) is 22.3. The lowest BCUT2D eigenvalue weighted by molar-refractivity contribution is -0.140. The van der Waals surface area contributed by atoms with E-state index in [-0.39, 0.29) is 45.0 Å². The van der Waals surface area contributed by atoms with Gasteiger partial charge in [0.1, 0.15) is 13.2 Å². The smallest absolute Gasteiger partial charge is 0.302 e. The first-order chi connectivity index (χ1) is 14.8. The van der Waals surface area contributed by atoms with Crippen LogP contribution in [0.1, 0.15) is 59.3 Å². The number of aliphatic hydroxyl groups is 3. The maximum atomic E-state index is 11.2. The summed E-state index contributed by atoms with van der Waals surface area (Å²) in [5, 5.41) is 27.3. The molecule has 0 bridgehead atoms. The van der Waals surface area contributed by atoms with E-state index < -0.39 is 0 Å². The number of rotatable bonds is 16. The van der Waals surface area contributed by atoms with Gasteiger partial charge in [0, 0.05) is 13.8 Å². The average Bonchev–Trinajstić information content (AvgIpc) is 2.73. The number of carbonyl (C=O) groups excluding carboxylic acids is 2. The molecule has 0 unspecified atom stereocenters. The lowest BCUT2D eigenvalue weighted by Crippen LogP contribution is -2.05. The molecule has 0 radical (unpaired) electrons. The molecule has 0 aromatic rings. The summed E-state index contributed by atoms with van der Waals surface area (Å²) in [5.74, 6) is -0.682. The molecule has 0 aliphatic heterocycles. The summed E-state index contributed by atoms with van der Waals surface area (Å²) in [5.41, 5.74) is 3.63. The second kappa shape index (κ2) is 18.5. The highest BCUT2D eigenvalue weighted by Gasteiger charge is 2.04. The third-order valence-corrected chi connectivity index (χ3v) is 4.51. The molecule has 0 aliphatic rings. The maximum absolute atomic E-state index is 11.2. The minimum atomic E-state index is -0.348. The van der Waals surface area contributed by atoms with Crippen LogP contribution in [0.3, 0.4) is 0 Å². The van der Waals surface area contributed by atoms with E-state index >= 15 is 0 Å². The predicted octanol–water partition coefficient (Wildman–Crippen LogP) is 3.16. The summed E-state index contributed by atoms with van der Waals surface area (Å²) in [7, 11) is 0. The van der Waals surface area contributed by atoms with Gasteiger partial charge < -0.3 is 24.8 Å². The molecular weight excluding hydrogens is 400 g/mol. The largest absolute Gasteiger partial charge is 0.461 e. The Kier molecular flexibility index (Phi) is 17.2. The molecule has 0 spiro atoms. The van der Waals surface area contributed by atoms with Crippen LogP contribution in [0.5, 0.6) is 0 Å². The van der Waals surface area contributed by atoms with Gasteiger partial charge in [-0.05, 0) is 62.2 Å². The van der Waals surface area contributed by atoms with E-state index in [0.29, 0.717) is 25.7 Å². The van der Waals surface area contributed by atoms with Gasteiger partial charge in [-0.25, -0.2) is 0 Å². The highest BCUT2D eigenvalue weighted by Crippen LogP contribution is 2.15. The Morgan fingerprint density at radius 2 is 1.10 bits per heavy atom. The second-order valence-electron chi connectivity index (χ2n) is 7.31. The SMILES string of the molecule is CC(=O)OCC(=CCCC(=CCO)CO)CCC=C(CCC=C(C)CO)COC(C)=O. The lowest BCUT2D eigenvalue weighted by atomic mass is 10.0. The highest BCUT2D eigenvalue weighted by molar-refractivity contribution is 5.66. The van der Waals surface area contributed by atoms with Crippen LogP contribution in [0.2, 0.25) is 0 Å². The molecule has 3 N–H and O–H groups in total. The zero-order chi connectivity index (χ0) is 23.5. The number of aliphatic hydroxyl groups excluding tert-OH is 3. The van der Waals surface area contributed by atoms with Crippen LogP contribution in [0.25, 0.3) is 0 Å². The lowest BCUT2D eigenvalue weighted by Gasteiger charge is -2.10. The van der Waals surface area contributed by atoms with Gasteiger partial charge in [-0.3, -0.25) is 9.59 Å². The molecule has 7 heteroatoms. The van der Waals surface area contributed by atoms with E-state index in [0.717, 1.165) is 35.1 Å². The van der Waals surface area contributed by atoms with Crippen molar-refractivity contribution in [2.75, 3.05) is 33.0 Å². The van der Waals surface area contributed by atoms with Gasteiger partial charge in [-0.15, -0.1) is 0 Å². The van der Waals surface area contributed by atoms with Gasteiger partial charge in [0.05, 0.1) is 19.8 Å². The zero-order valence-corrected chi connectivity index (χ0v) is 19.1. The Labute approximate surface area is 185 Å². The van der Waals surface area contributed by atoms with E-state index in [2.05, 4.69) is 0 Å². The van der Waals surface area contributed by atoms with Gasteiger partial charge in [-0.2, -0.15) is 0 Å². The van der Waals surface area contributed by atoms with Crippen molar-refractivity contribution in [3.05, 3.63) is 46.6 Å². The molecule has 0 fully saturated rings. The summed E-state index contributed by atoms with van der Waals surface area (Å²) in [6.07, 6.45) is 11.7. The standard InChI is InChI=1S/C24H38O7/c1-19(15-26)7-4-9-23(17-30-20(2)28)11-6-12-24(18-31-21(3)29)10-5-8-22(16-27)13-14-25/h7,10-11,13,25-27H,4-6,8-9,12,14-18H2,1-3H3. The quantitative estimate of drug-likeness (QED) is 0.251. The molecule has 176 valence electrons. The number of hydrogen-bond acceptors (Lipinski definition) is 7. The molecular formula is C24H38O7. The maximum Gasteiger partial charge on any atom is 0.302 e. The number of carbonyl (C=O) groups is 2. The van der Waals surface area contributed by atoms with Crippen molar-refractivity contribution >= 4 is 11.9 Å². The topological polar surface area (TPSA) is 113 Å². The zero-order valence-electron chi connectivity index (χ0n) is 19.1. The fraction of sp³-hybridized carbons (Fsp3) is 0.583. The first-order valence-corrected chi connectivity index (χ1v) is 10.6. The van der Waals surface area contributed by atoms with Crippen LogP contribution in [0.4, 0.5) is 0 Å². The monoisotopic (exact) mass is 438 g/mol. The van der Waals surface area contributed by atoms with E-state index in [4.69, 9.17) is 19.7 Å². The highest BCUT2D eigenvalue weighted by atomic mass is 16.5. The Balaban J connectivity index is 5.02. The molecule has 0 aromatic carbocycles. The molecule has 31 heavy (non-hydrogen) atoms. The van der Waals surface area contributed by atoms with E-state index in [1.807, 2.05) is 25.2 Å². The van der Waals surface area contributed by atoms with E-state index in [9.17, 15) is 14.7 Å². The van der Waals surface area contributed by atoms with Crippen LogP contribution in [-0.4, -0.2) is 60.3 Å². The second-order valence-corrected chi connectivity index (χ2v) is 7.31. The number of allylic oxidation sites excluding steroid dienone is 3. The third-order valence-electron chi connectivity index (χ3n) is 4.51. The minimum absolute atomic E-state index is 0.0266. The Bertz CT molecular complexity index is 657. The number of ether oxygens (including phenoxy) is 2. The van der Waals surface area contributed by atoms with Gasteiger partial charge in [-0.1, -0.05) is 29.9 Å². The van der Waals surface area contributed by atoms with Gasteiger partial charge in [0.15, 0.2) is 0 Å². The fourth-order valence-electron chi connectivity index (χ4n) is 2.72. The normalized spacial score (nSPS) is 13.4. The van der Waals surface area contributed by atoms with Crippen molar-refractivity contribution in [3.63, 3.8) is 0 Å². The molecule has 0 aromatic heterocycles. The first-order valence-electron chi connectivity index (χ1n) is 10.6. The Morgan fingerprint density at radius 3 is 1.48 bits per heavy atom. The molecule has 0 heterocycles. The number of hydrogen-bond donors (Lipinski definition) is 3. The van der Waals surface area contributed by atoms with Crippen LogP contribution >= 0.6 is 0 Å². The average molecular weight is 439 g/mol. The van der Waals surface area contributed by atoms with Crippen molar-refractivity contribution in [2.45, 2.75) is 59.3 Å². The van der Waals surface area contributed by atoms with Gasteiger partial charge >= 0.3 is 11.9 Å². The summed E-state index contributed by atoms with van der Waals surface area (Å²) >= 11 is 0. The number of esters is 2. The Hall–Kier alpha value is -2.22. The molecule has 0 amide bonds. The van der Waals surface area contributed by atoms with Crippen molar-refractivity contribution in [2.24, 2.45) is 0 Å². The summed E-state index contributed by atoms with van der Waals surface area (Å²) < 4.78 is 10.3. The van der Waals surface area contributed by atoms with E-state index in [1.165, 1.54) is 13.8 Å². The summed E-state index contributed by atoms with van der Waals surface area (Å²) in [6, 6.07) is 0. The predicted molar refractivity (Wildman–Crippen MR) is 120 cm³/mol. The summed E-state index contributed by atoms with van der Waals surface area (Å²) in [6.45, 7) is 4.86. The van der Waals surface area contributed by atoms with Crippen LogP contribution < -0.4 is 0 Å². The van der Waals surface area contributed by atoms with Crippen molar-refractivity contribution in [1.29, 1.82) is 0 Å². The van der Waals surface area contributed by atoms with Crippen molar-refractivity contribution in [1.82, 2.24) is 0 Å².